The van der Waals surface area contributed by atoms with Crippen LogP contribution in [0.5, 0.6) is 0 Å². The summed E-state index contributed by atoms with van der Waals surface area (Å²) in [6, 6.07) is 0. The van der Waals surface area contributed by atoms with Gasteiger partial charge in [0.25, 0.3) is 0 Å². The smallest absolute Gasteiger partial charge is 0.123 e. The molecule has 1 aromatic rings. The summed E-state index contributed by atoms with van der Waals surface area (Å²) in [4.78, 5) is 0. The Bertz CT molecular complexity index is 431. The molecule has 1 unspecified atom stereocenters. The molecule has 1 aromatic heterocycles. The van der Waals surface area contributed by atoms with Crippen molar-refractivity contribution in [3.05, 3.63) is 15.3 Å². The third kappa shape index (κ3) is 5.28. The summed E-state index contributed by atoms with van der Waals surface area (Å²) in [6.45, 7) is 8.82. The van der Waals surface area contributed by atoms with Gasteiger partial charge in [-0.2, -0.15) is 5.10 Å². The molecule has 0 aliphatic heterocycles. The molecule has 0 spiro atoms. The second-order valence-corrected chi connectivity index (χ2v) is 7.50. The average Bonchev–Trinajstić information content (AvgIpc) is 2.73. The van der Waals surface area contributed by atoms with Gasteiger partial charge in [-0.1, -0.05) is 70.4 Å². The topological polar surface area (TPSA) is 17.8 Å². The van der Waals surface area contributed by atoms with Crippen molar-refractivity contribution in [1.29, 1.82) is 0 Å². The lowest BCUT2D eigenvalue weighted by Crippen LogP contribution is -2.31. The van der Waals surface area contributed by atoms with Gasteiger partial charge in [-0.15, -0.1) is 0 Å². The van der Waals surface area contributed by atoms with Crippen molar-refractivity contribution in [2.24, 2.45) is 0 Å². The molecule has 122 valence electrons. The molecule has 1 rings (SSSR count). The third-order valence-electron chi connectivity index (χ3n) is 4.33. The first-order valence-corrected chi connectivity index (χ1v) is 9.54. The zero-order valence-corrected chi connectivity index (χ0v) is 16.4. The van der Waals surface area contributed by atoms with Crippen LogP contribution in [0.2, 0.25) is 5.02 Å². The summed E-state index contributed by atoms with van der Waals surface area (Å²) in [5, 5.41) is 5.44. The number of aryl methyl sites for hydroxylation is 1. The first-order chi connectivity index (χ1) is 9.96. The maximum absolute atomic E-state index is 6.31. The number of unbranched alkanes of at least 4 members (excludes halogenated alkanes) is 5. The maximum atomic E-state index is 6.31. The quantitative estimate of drug-likeness (QED) is 0.406. The van der Waals surface area contributed by atoms with Gasteiger partial charge in [0.05, 0.1) is 16.3 Å². The monoisotopic (exact) mass is 376 g/mol. The first kappa shape index (κ1) is 19.0. The van der Waals surface area contributed by atoms with Gasteiger partial charge >= 0.3 is 0 Å². The Morgan fingerprint density at radius 3 is 2.14 bits per heavy atom. The Balaban J connectivity index is 2.79. The number of nitrogens with zero attached hydrogens (tertiary/aromatic N) is 2. The van der Waals surface area contributed by atoms with Crippen molar-refractivity contribution in [1.82, 2.24) is 9.78 Å². The highest BCUT2D eigenvalue weighted by Crippen LogP contribution is 2.36. The Morgan fingerprint density at radius 2 is 1.62 bits per heavy atom. The molecule has 0 aliphatic rings. The number of hydrogen-bond acceptors (Lipinski definition) is 1. The SMILES string of the molecule is CCCCCCCC(C)(CCCC)n1nc(C)c(Cl)c1Br. The van der Waals surface area contributed by atoms with Crippen molar-refractivity contribution in [2.45, 2.75) is 91.0 Å². The highest BCUT2D eigenvalue weighted by atomic mass is 79.9. The molecular weight excluding hydrogens is 348 g/mol. The molecule has 4 heteroatoms. The summed E-state index contributed by atoms with van der Waals surface area (Å²) in [6.07, 6.45) is 11.4. The van der Waals surface area contributed by atoms with Crippen LogP contribution in [0.25, 0.3) is 0 Å². The van der Waals surface area contributed by atoms with Gasteiger partial charge in [0, 0.05) is 0 Å². The fourth-order valence-corrected chi connectivity index (χ4v) is 3.75. The van der Waals surface area contributed by atoms with E-state index in [0.29, 0.717) is 0 Å². The fourth-order valence-electron chi connectivity index (χ4n) is 2.84. The van der Waals surface area contributed by atoms with E-state index in [1.165, 1.54) is 51.4 Å². The molecule has 0 N–H and O–H groups in total. The van der Waals surface area contributed by atoms with E-state index in [9.17, 15) is 0 Å². The minimum atomic E-state index is 0.0684. The predicted molar refractivity (Wildman–Crippen MR) is 96.2 cm³/mol. The zero-order valence-electron chi connectivity index (χ0n) is 14.0. The van der Waals surface area contributed by atoms with Crippen molar-refractivity contribution >= 4 is 27.5 Å². The molecule has 0 radical (unpaired) electrons. The van der Waals surface area contributed by atoms with Gasteiger partial charge < -0.3 is 0 Å². The van der Waals surface area contributed by atoms with Crippen LogP contribution in [0.15, 0.2) is 4.60 Å². The number of hydrogen-bond donors (Lipinski definition) is 0. The lowest BCUT2D eigenvalue weighted by atomic mass is 9.88. The molecule has 0 aromatic carbocycles. The van der Waals surface area contributed by atoms with Crippen LogP contribution >= 0.6 is 27.5 Å². The van der Waals surface area contributed by atoms with Crippen molar-refractivity contribution < 1.29 is 0 Å². The molecule has 0 aliphatic carbocycles. The Labute approximate surface area is 143 Å². The van der Waals surface area contributed by atoms with Crippen LogP contribution in [-0.2, 0) is 5.54 Å². The zero-order chi connectivity index (χ0) is 15.9. The summed E-state index contributed by atoms with van der Waals surface area (Å²) in [5.74, 6) is 0. The van der Waals surface area contributed by atoms with Crippen LogP contribution in [0.4, 0.5) is 0 Å². The van der Waals surface area contributed by atoms with E-state index in [2.05, 4.69) is 46.5 Å². The minimum absolute atomic E-state index is 0.0684. The van der Waals surface area contributed by atoms with E-state index in [0.717, 1.165) is 21.7 Å². The number of halogens is 2. The minimum Gasteiger partial charge on any atom is -0.251 e. The van der Waals surface area contributed by atoms with E-state index in [4.69, 9.17) is 11.6 Å². The molecule has 0 saturated heterocycles. The highest BCUT2D eigenvalue weighted by molar-refractivity contribution is 9.10. The Hall–Kier alpha value is -0.0200. The van der Waals surface area contributed by atoms with E-state index < -0.39 is 0 Å². The van der Waals surface area contributed by atoms with Crippen molar-refractivity contribution in [3.8, 4) is 0 Å². The van der Waals surface area contributed by atoms with Gasteiger partial charge in [0.1, 0.15) is 4.60 Å². The number of aromatic nitrogens is 2. The molecule has 0 fully saturated rings. The fraction of sp³-hybridized carbons (Fsp3) is 0.824. The van der Waals surface area contributed by atoms with Crippen molar-refractivity contribution in [2.75, 3.05) is 0 Å². The lowest BCUT2D eigenvalue weighted by Gasteiger charge is -2.31. The number of rotatable bonds is 10. The van der Waals surface area contributed by atoms with Gasteiger partial charge in [-0.3, -0.25) is 4.68 Å². The van der Waals surface area contributed by atoms with Crippen molar-refractivity contribution in [3.63, 3.8) is 0 Å². The molecular formula is C17H30BrClN2. The van der Waals surface area contributed by atoms with Crippen LogP contribution < -0.4 is 0 Å². The molecule has 1 atom stereocenters. The molecule has 0 amide bonds. The van der Waals surface area contributed by atoms with Gasteiger partial charge in [-0.25, -0.2) is 0 Å². The van der Waals surface area contributed by atoms with E-state index in [-0.39, 0.29) is 5.54 Å². The average molecular weight is 378 g/mol. The normalized spacial score (nSPS) is 14.4. The third-order valence-corrected chi connectivity index (χ3v) is 5.75. The van der Waals surface area contributed by atoms with Crippen LogP contribution in [-0.4, -0.2) is 9.78 Å². The van der Waals surface area contributed by atoms with Gasteiger partial charge in [0.2, 0.25) is 0 Å². The predicted octanol–water partition coefficient (Wildman–Crippen LogP) is 6.87. The lowest BCUT2D eigenvalue weighted by molar-refractivity contribution is 0.224. The van der Waals surface area contributed by atoms with E-state index in [1.54, 1.807) is 0 Å². The second kappa shape index (κ2) is 9.19. The molecule has 1 heterocycles. The van der Waals surface area contributed by atoms with Gasteiger partial charge in [-0.05, 0) is 42.6 Å². The van der Waals surface area contributed by atoms with Crippen LogP contribution in [0.3, 0.4) is 0 Å². The second-order valence-electron chi connectivity index (χ2n) is 6.37. The van der Waals surface area contributed by atoms with Gasteiger partial charge in [0.15, 0.2) is 0 Å². The Kier molecular flexibility index (Phi) is 8.33. The van der Waals surface area contributed by atoms with Crippen LogP contribution in [0.1, 0.15) is 84.3 Å². The highest BCUT2D eigenvalue weighted by Gasteiger charge is 2.29. The van der Waals surface area contributed by atoms with E-state index >= 15 is 0 Å². The Morgan fingerprint density at radius 1 is 1.05 bits per heavy atom. The molecule has 0 saturated carbocycles. The van der Waals surface area contributed by atoms with E-state index in [1.807, 2.05) is 6.92 Å². The molecule has 2 nitrogen and oxygen atoms in total. The largest absolute Gasteiger partial charge is 0.251 e. The summed E-state index contributed by atoms with van der Waals surface area (Å²) >= 11 is 9.94. The first-order valence-electron chi connectivity index (χ1n) is 8.37. The van der Waals surface area contributed by atoms with Crippen LogP contribution in [0, 0.1) is 6.92 Å². The molecule has 0 bridgehead atoms. The molecule has 21 heavy (non-hydrogen) atoms. The summed E-state index contributed by atoms with van der Waals surface area (Å²) in [7, 11) is 0. The summed E-state index contributed by atoms with van der Waals surface area (Å²) < 4.78 is 3.06. The maximum Gasteiger partial charge on any atom is 0.123 e. The summed E-state index contributed by atoms with van der Waals surface area (Å²) in [5.41, 5.74) is 0.983. The standard InChI is InChI=1S/C17H30BrClN2/c1-5-7-9-10-11-13-17(4,12-8-6-2)21-16(18)15(19)14(3)20-21/h5-13H2,1-4H3.